The Morgan fingerprint density at radius 2 is 2.05 bits per heavy atom. The molecule has 0 saturated carbocycles. The van der Waals surface area contributed by atoms with E-state index in [0.717, 1.165) is 43.7 Å². The van der Waals surface area contributed by atoms with Crippen molar-refractivity contribution < 1.29 is 5.11 Å². The van der Waals surface area contributed by atoms with Gasteiger partial charge in [0.25, 0.3) is 0 Å². The van der Waals surface area contributed by atoms with Gasteiger partial charge in [-0.3, -0.25) is 4.90 Å². The normalized spacial score (nSPS) is 17.9. The molecule has 0 aliphatic carbocycles. The quantitative estimate of drug-likeness (QED) is 0.833. The number of halogens is 2. The summed E-state index contributed by atoms with van der Waals surface area (Å²) >= 11 is 12.1. The Bertz CT molecular complexity index is 499. The van der Waals surface area contributed by atoms with Crippen molar-refractivity contribution >= 4 is 23.2 Å². The third-order valence-corrected chi connectivity index (χ3v) is 4.06. The Balaban J connectivity index is 2.37. The SMILES string of the molecule is C=C(C)C[C@H](c1cc(Cl)cc(Cl)c1O)N1CCNCC1. The molecule has 1 saturated heterocycles. The molecule has 20 heavy (non-hydrogen) atoms. The molecule has 1 atom stereocenters. The monoisotopic (exact) mass is 314 g/mol. The van der Waals surface area contributed by atoms with E-state index in [9.17, 15) is 5.11 Å². The van der Waals surface area contributed by atoms with E-state index >= 15 is 0 Å². The molecule has 0 spiro atoms. The smallest absolute Gasteiger partial charge is 0.139 e. The van der Waals surface area contributed by atoms with Gasteiger partial charge in [-0.25, -0.2) is 0 Å². The van der Waals surface area contributed by atoms with Crippen LogP contribution in [0.3, 0.4) is 0 Å². The molecule has 1 aliphatic rings. The summed E-state index contributed by atoms with van der Waals surface area (Å²) < 4.78 is 0. The maximum Gasteiger partial charge on any atom is 0.139 e. The van der Waals surface area contributed by atoms with Gasteiger partial charge < -0.3 is 10.4 Å². The van der Waals surface area contributed by atoms with Gasteiger partial charge in [-0.15, -0.1) is 6.58 Å². The van der Waals surface area contributed by atoms with Gasteiger partial charge in [-0.05, 0) is 25.5 Å². The Morgan fingerprint density at radius 1 is 1.40 bits per heavy atom. The van der Waals surface area contributed by atoms with Crippen LogP contribution in [0.25, 0.3) is 0 Å². The third-order valence-electron chi connectivity index (χ3n) is 3.55. The third kappa shape index (κ3) is 3.67. The van der Waals surface area contributed by atoms with Crippen LogP contribution in [0, 0.1) is 0 Å². The fraction of sp³-hybridized carbons (Fsp3) is 0.467. The number of phenols is 1. The molecule has 0 aromatic heterocycles. The van der Waals surface area contributed by atoms with E-state index in [1.165, 1.54) is 0 Å². The number of nitrogens with zero attached hydrogens (tertiary/aromatic N) is 1. The molecule has 0 radical (unpaired) electrons. The maximum atomic E-state index is 10.3. The first kappa shape index (κ1) is 15.6. The highest BCUT2D eigenvalue weighted by atomic mass is 35.5. The number of hydrogen-bond donors (Lipinski definition) is 2. The molecule has 2 N–H and O–H groups in total. The second-order valence-electron chi connectivity index (χ2n) is 5.29. The summed E-state index contributed by atoms with van der Waals surface area (Å²) in [5.74, 6) is 0.126. The van der Waals surface area contributed by atoms with Crippen molar-refractivity contribution in [1.29, 1.82) is 0 Å². The first-order chi connectivity index (χ1) is 9.49. The zero-order chi connectivity index (χ0) is 14.7. The van der Waals surface area contributed by atoms with Crippen molar-refractivity contribution in [2.24, 2.45) is 0 Å². The van der Waals surface area contributed by atoms with Crippen molar-refractivity contribution in [3.8, 4) is 5.75 Å². The summed E-state index contributed by atoms with van der Waals surface area (Å²) in [6.07, 6.45) is 0.782. The van der Waals surface area contributed by atoms with Crippen LogP contribution in [-0.4, -0.2) is 36.2 Å². The van der Waals surface area contributed by atoms with E-state index in [4.69, 9.17) is 23.2 Å². The zero-order valence-corrected chi connectivity index (χ0v) is 13.1. The summed E-state index contributed by atoms with van der Waals surface area (Å²) in [4.78, 5) is 2.34. The summed E-state index contributed by atoms with van der Waals surface area (Å²) in [7, 11) is 0. The minimum atomic E-state index is 0.0609. The molecule has 0 bridgehead atoms. The lowest BCUT2D eigenvalue weighted by molar-refractivity contribution is 0.170. The van der Waals surface area contributed by atoms with E-state index in [2.05, 4.69) is 16.8 Å². The van der Waals surface area contributed by atoms with Crippen LogP contribution >= 0.6 is 23.2 Å². The fourth-order valence-corrected chi connectivity index (χ4v) is 3.11. The van der Waals surface area contributed by atoms with Crippen LogP contribution < -0.4 is 5.32 Å². The number of benzene rings is 1. The number of nitrogens with one attached hydrogen (secondary N) is 1. The number of aromatic hydroxyl groups is 1. The Kier molecular flexibility index (Phi) is 5.33. The maximum absolute atomic E-state index is 10.3. The highest BCUT2D eigenvalue weighted by molar-refractivity contribution is 6.35. The van der Waals surface area contributed by atoms with Gasteiger partial charge in [-0.1, -0.05) is 28.8 Å². The summed E-state index contributed by atoms with van der Waals surface area (Å²) in [5.41, 5.74) is 1.86. The number of piperazine rings is 1. The Hall–Kier alpha value is -0.740. The second-order valence-corrected chi connectivity index (χ2v) is 6.13. The van der Waals surface area contributed by atoms with Gasteiger partial charge in [0.05, 0.1) is 5.02 Å². The lowest BCUT2D eigenvalue weighted by Gasteiger charge is -2.36. The van der Waals surface area contributed by atoms with Crippen molar-refractivity contribution in [3.05, 3.63) is 39.9 Å². The van der Waals surface area contributed by atoms with Crippen LogP contribution in [0.5, 0.6) is 5.75 Å². The predicted octanol–water partition coefficient (Wildman–Crippen LogP) is 3.61. The minimum absolute atomic E-state index is 0.0609. The molecule has 1 aromatic rings. The average molecular weight is 315 g/mol. The molecule has 2 rings (SSSR count). The van der Waals surface area contributed by atoms with Gasteiger partial charge in [0.2, 0.25) is 0 Å². The van der Waals surface area contributed by atoms with E-state index < -0.39 is 0 Å². The zero-order valence-electron chi connectivity index (χ0n) is 11.6. The predicted molar refractivity (Wildman–Crippen MR) is 84.7 cm³/mol. The minimum Gasteiger partial charge on any atom is -0.506 e. The van der Waals surface area contributed by atoms with Crippen LogP contribution in [0.1, 0.15) is 24.9 Å². The van der Waals surface area contributed by atoms with E-state index in [-0.39, 0.29) is 11.8 Å². The average Bonchev–Trinajstić information content (AvgIpc) is 2.41. The van der Waals surface area contributed by atoms with Gasteiger partial charge in [-0.2, -0.15) is 0 Å². The summed E-state index contributed by atoms with van der Waals surface area (Å²) in [6, 6.07) is 3.43. The van der Waals surface area contributed by atoms with Crippen LogP contribution in [0.15, 0.2) is 24.3 Å². The fourth-order valence-electron chi connectivity index (χ4n) is 2.60. The molecule has 1 aromatic carbocycles. The first-order valence-electron chi connectivity index (χ1n) is 6.76. The van der Waals surface area contributed by atoms with Crippen molar-refractivity contribution in [1.82, 2.24) is 10.2 Å². The highest BCUT2D eigenvalue weighted by Gasteiger charge is 2.25. The molecule has 5 heteroatoms. The topological polar surface area (TPSA) is 35.5 Å². The molecule has 1 aliphatic heterocycles. The van der Waals surface area contributed by atoms with Crippen LogP contribution in [0.2, 0.25) is 10.0 Å². The Labute approximate surface area is 130 Å². The number of phenolic OH excluding ortho intramolecular Hbond substituents is 1. The summed E-state index contributed by atoms with van der Waals surface area (Å²) in [5, 5.41) is 14.5. The van der Waals surface area contributed by atoms with Gasteiger partial charge in [0.1, 0.15) is 5.75 Å². The van der Waals surface area contributed by atoms with Crippen LogP contribution in [0.4, 0.5) is 0 Å². The van der Waals surface area contributed by atoms with E-state index in [1.54, 1.807) is 12.1 Å². The molecule has 110 valence electrons. The molecular weight excluding hydrogens is 295 g/mol. The molecule has 1 fully saturated rings. The van der Waals surface area contributed by atoms with Crippen LogP contribution in [-0.2, 0) is 0 Å². The summed E-state index contributed by atoms with van der Waals surface area (Å²) in [6.45, 7) is 9.75. The second kappa shape index (κ2) is 6.81. The highest BCUT2D eigenvalue weighted by Crippen LogP contribution is 2.39. The lowest BCUT2D eigenvalue weighted by Crippen LogP contribution is -2.45. The standard InChI is InChI=1S/C15H20Cl2N2O/c1-10(2)7-14(19-5-3-18-4-6-19)12-8-11(16)9-13(17)15(12)20/h8-9,14,18,20H,1,3-7H2,2H3/t14-/m1/s1. The molecular formula is C15H20Cl2N2O. The van der Waals surface area contributed by atoms with Crippen molar-refractivity contribution in [2.75, 3.05) is 26.2 Å². The van der Waals surface area contributed by atoms with Crippen molar-refractivity contribution in [3.63, 3.8) is 0 Å². The largest absolute Gasteiger partial charge is 0.506 e. The molecule has 0 unspecified atom stereocenters. The number of hydrogen-bond acceptors (Lipinski definition) is 3. The van der Waals surface area contributed by atoms with E-state index in [1.807, 2.05) is 6.92 Å². The number of rotatable bonds is 4. The molecule has 3 nitrogen and oxygen atoms in total. The van der Waals surface area contributed by atoms with E-state index in [0.29, 0.717) is 10.0 Å². The molecule has 0 amide bonds. The molecule has 1 heterocycles. The van der Waals surface area contributed by atoms with Crippen molar-refractivity contribution in [2.45, 2.75) is 19.4 Å². The first-order valence-corrected chi connectivity index (χ1v) is 7.51. The van der Waals surface area contributed by atoms with Gasteiger partial charge >= 0.3 is 0 Å². The van der Waals surface area contributed by atoms with Gasteiger partial charge in [0, 0.05) is 42.8 Å². The lowest BCUT2D eigenvalue weighted by atomic mass is 9.97. The van der Waals surface area contributed by atoms with Gasteiger partial charge in [0.15, 0.2) is 0 Å². The Morgan fingerprint density at radius 3 is 2.65 bits per heavy atom.